The van der Waals surface area contributed by atoms with Gasteiger partial charge < -0.3 is 20.5 Å². The Labute approximate surface area is 160 Å². The lowest BCUT2D eigenvalue weighted by Crippen LogP contribution is -2.34. The number of para-hydroxylation sites is 1. The van der Waals surface area contributed by atoms with Crippen molar-refractivity contribution in [1.29, 1.82) is 0 Å². The number of phenolic OH excluding ortho intramolecular Hbond substituents is 1. The number of ether oxygens (including phenoxy) is 1. The predicted molar refractivity (Wildman–Crippen MR) is 102 cm³/mol. The number of carbonyl (C=O) groups excluding carboxylic acids is 2. The Bertz CT molecular complexity index is 735. The fourth-order valence-corrected chi connectivity index (χ4v) is 2.56. The van der Waals surface area contributed by atoms with Crippen molar-refractivity contribution < 1.29 is 19.4 Å². The largest absolute Gasteiger partial charge is 0.508 e. The van der Waals surface area contributed by atoms with Crippen LogP contribution in [0, 0.1) is 0 Å². The van der Waals surface area contributed by atoms with Crippen LogP contribution in [0.1, 0.15) is 23.2 Å². The van der Waals surface area contributed by atoms with Gasteiger partial charge in [-0.1, -0.05) is 12.1 Å². The highest BCUT2D eigenvalue weighted by atomic mass is 79.9. The molecule has 2 aromatic carbocycles. The second kappa shape index (κ2) is 10.5. The van der Waals surface area contributed by atoms with Gasteiger partial charge in [-0.2, -0.15) is 0 Å². The lowest BCUT2D eigenvalue weighted by molar-refractivity contribution is -0.121. The van der Waals surface area contributed by atoms with Gasteiger partial charge in [0.2, 0.25) is 5.91 Å². The molecule has 0 aliphatic carbocycles. The number of amides is 2. The second-order valence-electron chi connectivity index (χ2n) is 5.54. The molecule has 2 aromatic rings. The average molecular weight is 421 g/mol. The number of nitrogens with one attached hydrogen (secondary N) is 2. The summed E-state index contributed by atoms with van der Waals surface area (Å²) in [7, 11) is 0. The second-order valence-corrected chi connectivity index (χ2v) is 6.39. The van der Waals surface area contributed by atoms with Crippen molar-refractivity contribution in [3.63, 3.8) is 0 Å². The summed E-state index contributed by atoms with van der Waals surface area (Å²) in [4.78, 5) is 23.6. The molecule has 0 heterocycles. The summed E-state index contributed by atoms with van der Waals surface area (Å²) >= 11 is 3.40. The highest BCUT2D eigenvalue weighted by molar-refractivity contribution is 9.10. The van der Waals surface area contributed by atoms with Crippen LogP contribution in [0.5, 0.6) is 11.5 Å². The zero-order valence-corrected chi connectivity index (χ0v) is 15.8. The van der Waals surface area contributed by atoms with Crippen molar-refractivity contribution in [3.05, 3.63) is 58.6 Å². The van der Waals surface area contributed by atoms with Gasteiger partial charge >= 0.3 is 0 Å². The predicted octanol–water partition coefficient (Wildman–Crippen LogP) is 2.86. The molecule has 7 heteroatoms. The number of benzene rings is 2. The van der Waals surface area contributed by atoms with Gasteiger partial charge in [-0.25, -0.2) is 0 Å². The number of hydrogen-bond donors (Lipinski definition) is 3. The molecule has 26 heavy (non-hydrogen) atoms. The van der Waals surface area contributed by atoms with E-state index in [1.165, 1.54) is 24.3 Å². The molecule has 0 fully saturated rings. The highest BCUT2D eigenvalue weighted by Crippen LogP contribution is 2.23. The summed E-state index contributed by atoms with van der Waals surface area (Å²) in [6.45, 7) is 1.14. The van der Waals surface area contributed by atoms with Crippen LogP contribution < -0.4 is 15.4 Å². The van der Waals surface area contributed by atoms with Gasteiger partial charge in [-0.15, -0.1) is 0 Å². The van der Waals surface area contributed by atoms with Crippen LogP contribution >= 0.6 is 15.9 Å². The zero-order valence-electron chi connectivity index (χ0n) is 14.2. The average Bonchev–Trinajstić information content (AvgIpc) is 2.64. The number of halogens is 1. The van der Waals surface area contributed by atoms with E-state index >= 15 is 0 Å². The molecule has 2 rings (SSSR count). The molecule has 0 saturated heterocycles. The Kier molecular flexibility index (Phi) is 7.95. The number of hydrogen-bond acceptors (Lipinski definition) is 4. The molecule has 138 valence electrons. The van der Waals surface area contributed by atoms with E-state index in [4.69, 9.17) is 4.74 Å². The van der Waals surface area contributed by atoms with Crippen LogP contribution in [-0.2, 0) is 4.79 Å². The van der Waals surface area contributed by atoms with Crippen LogP contribution in [0.4, 0.5) is 0 Å². The first-order valence-corrected chi connectivity index (χ1v) is 9.07. The first kappa shape index (κ1) is 19.8. The Hall–Kier alpha value is -2.54. The third-order valence-electron chi connectivity index (χ3n) is 3.50. The molecule has 2 amide bonds. The fraction of sp³-hybridized carbons (Fsp3) is 0.263. The van der Waals surface area contributed by atoms with Gasteiger partial charge in [0.15, 0.2) is 0 Å². The van der Waals surface area contributed by atoms with Crippen LogP contribution in [0.3, 0.4) is 0 Å². The van der Waals surface area contributed by atoms with Crippen molar-refractivity contribution in [3.8, 4) is 11.5 Å². The molecular weight excluding hydrogens is 400 g/mol. The zero-order chi connectivity index (χ0) is 18.8. The minimum Gasteiger partial charge on any atom is -0.508 e. The van der Waals surface area contributed by atoms with Crippen LogP contribution in [0.15, 0.2) is 53.0 Å². The summed E-state index contributed by atoms with van der Waals surface area (Å²) < 4.78 is 6.48. The van der Waals surface area contributed by atoms with Gasteiger partial charge in [0, 0.05) is 25.1 Å². The van der Waals surface area contributed by atoms with Gasteiger partial charge in [0.05, 0.1) is 11.1 Å². The smallest absolute Gasteiger partial charge is 0.251 e. The van der Waals surface area contributed by atoms with Gasteiger partial charge in [0.1, 0.15) is 11.5 Å². The van der Waals surface area contributed by atoms with Crippen LogP contribution in [0.25, 0.3) is 0 Å². The molecule has 0 saturated carbocycles. The van der Waals surface area contributed by atoms with Gasteiger partial charge in [-0.05, 0) is 58.7 Å². The summed E-state index contributed by atoms with van der Waals surface area (Å²) in [5, 5.41) is 14.6. The van der Waals surface area contributed by atoms with Gasteiger partial charge in [-0.3, -0.25) is 9.59 Å². The lowest BCUT2D eigenvalue weighted by atomic mass is 10.2. The number of carbonyl (C=O) groups is 2. The van der Waals surface area contributed by atoms with E-state index in [1.807, 2.05) is 24.3 Å². The summed E-state index contributed by atoms with van der Waals surface area (Å²) in [5.41, 5.74) is 0.457. The third-order valence-corrected chi connectivity index (χ3v) is 4.16. The number of phenols is 1. The molecular formula is C19H21BrN2O4. The minimum absolute atomic E-state index is 0.0837. The number of rotatable bonds is 9. The molecule has 0 unspecified atom stereocenters. The summed E-state index contributed by atoms with van der Waals surface area (Å²) in [6, 6.07) is 13.5. The van der Waals surface area contributed by atoms with Crippen molar-refractivity contribution in [2.75, 3.05) is 19.7 Å². The highest BCUT2D eigenvalue weighted by Gasteiger charge is 2.06. The summed E-state index contributed by atoms with van der Waals surface area (Å²) in [5.74, 6) is 0.531. The van der Waals surface area contributed by atoms with Crippen molar-refractivity contribution in [2.45, 2.75) is 12.8 Å². The monoisotopic (exact) mass is 420 g/mol. The normalized spacial score (nSPS) is 10.2. The van der Waals surface area contributed by atoms with Gasteiger partial charge in [0.25, 0.3) is 5.91 Å². The molecule has 3 N–H and O–H groups in total. The molecule has 0 aromatic heterocycles. The molecule has 0 atom stereocenters. The first-order chi connectivity index (χ1) is 12.6. The maximum absolute atomic E-state index is 11.8. The van der Waals surface area contributed by atoms with E-state index in [0.717, 1.165) is 10.2 Å². The molecule has 0 aliphatic rings. The van der Waals surface area contributed by atoms with E-state index in [1.54, 1.807) is 0 Å². The Morgan fingerprint density at radius 2 is 1.69 bits per heavy atom. The Morgan fingerprint density at radius 1 is 1.00 bits per heavy atom. The molecule has 0 bridgehead atoms. The van der Waals surface area contributed by atoms with Crippen molar-refractivity contribution in [2.24, 2.45) is 0 Å². The molecule has 0 aliphatic heterocycles. The Morgan fingerprint density at radius 3 is 2.42 bits per heavy atom. The van der Waals surface area contributed by atoms with Crippen LogP contribution in [-0.4, -0.2) is 36.6 Å². The number of aromatic hydroxyl groups is 1. The van der Waals surface area contributed by atoms with E-state index in [9.17, 15) is 14.7 Å². The third kappa shape index (κ3) is 6.76. The lowest BCUT2D eigenvalue weighted by Gasteiger charge is -2.09. The van der Waals surface area contributed by atoms with Crippen LogP contribution in [0.2, 0.25) is 0 Å². The molecule has 0 radical (unpaired) electrons. The molecule has 6 nitrogen and oxygen atoms in total. The first-order valence-electron chi connectivity index (χ1n) is 8.27. The quantitative estimate of drug-likeness (QED) is 0.544. The minimum atomic E-state index is -0.249. The fourth-order valence-electron chi connectivity index (χ4n) is 2.16. The van der Waals surface area contributed by atoms with Crippen molar-refractivity contribution in [1.82, 2.24) is 10.6 Å². The maximum atomic E-state index is 11.8. The topological polar surface area (TPSA) is 87.7 Å². The van der Waals surface area contributed by atoms with Crippen molar-refractivity contribution >= 4 is 27.7 Å². The maximum Gasteiger partial charge on any atom is 0.251 e. The van der Waals surface area contributed by atoms with E-state index in [-0.39, 0.29) is 17.6 Å². The molecule has 0 spiro atoms. The SMILES string of the molecule is O=C(CCCOc1ccccc1Br)NCCNC(=O)c1ccc(O)cc1. The van der Waals surface area contributed by atoms with E-state index in [2.05, 4.69) is 26.6 Å². The summed E-state index contributed by atoms with van der Waals surface area (Å²) in [6.07, 6.45) is 0.962. The van der Waals surface area contributed by atoms with E-state index < -0.39 is 0 Å². The Balaban J connectivity index is 1.55. The standard InChI is InChI=1S/C19H21BrN2O4/c20-16-4-1-2-5-17(16)26-13-3-6-18(24)21-11-12-22-19(25)14-7-9-15(23)10-8-14/h1-2,4-5,7-10,23H,3,6,11-13H2,(H,21,24)(H,22,25). The van der Waals surface area contributed by atoms with E-state index in [0.29, 0.717) is 38.1 Å².